The molecule has 0 aliphatic carbocycles. The van der Waals surface area contributed by atoms with Crippen molar-refractivity contribution < 1.29 is 22.7 Å². The number of sulfone groups is 1. The molecule has 0 amide bonds. The van der Waals surface area contributed by atoms with Crippen LogP contribution < -0.4 is 4.74 Å². The average molecular weight is 428 g/mol. The van der Waals surface area contributed by atoms with Gasteiger partial charge in [0.25, 0.3) is 0 Å². The van der Waals surface area contributed by atoms with Crippen molar-refractivity contribution in [2.24, 2.45) is 0 Å². The molecule has 3 rings (SSSR count). The lowest BCUT2D eigenvalue weighted by atomic mass is 10.1. The molecule has 0 saturated carbocycles. The maximum atomic E-state index is 12.6. The summed E-state index contributed by atoms with van der Waals surface area (Å²) < 4.78 is 38.0. The SMILES string of the molecule is COCCn1c(C)cc(C(=O)COc2ccc(S(=O)(=O)c3ccccc3)cc2)c1C. The van der Waals surface area contributed by atoms with Crippen molar-refractivity contribution in [2.45, 2.75) is 30.2 Å². The zero-order valence-electron chi connectivity index (χ0n) is 17.3. The molecule has 1 heterocycles. The maximum absolute atomic E-state index is 12.6. The van der Waals surface area contributed by atoms with Crippen LogP contribution in [-0.4, -0.2) is 39.1 Å². The van der Waals surface area contributed by atoms with Crippen LogP contribution in [0.25, 0.3) is 0 Å². The van der Waals surface area contributed by atoms with Gasteiger partial charge in [0.2, 0.25) is 15.6 Å². The number of methoxy groups -OCH3 is 1. The van der Waals surface area contributed by atoms with E-state index in [1.807, 2.05) is 24.5 Å². The van der Waals surface area contributed by atoms with Gasteiger partial charge in [-0.1, -0.05) is 18.2 Å². The monoisotopic (exact) mass is 427 g/mol. The van der Waals surface area contributed by atoms with Crippen molar-refractivity contribution in [3.63, 3.8) is 0 Å². The zero-order chi connectivity index (χ0) is 21.7. The summed E-state index contributed by atoms with van der Waals surface area (Å²) in [4.78, 5) is 13.0. The number of Topliss-reactive ketones (excluding diaryl/α,β-unsaturated/α-hetero) is 1. The normalized spacial score (nSPS) is 11.4. The number of carbonyl (C=O) groups is 1. The van der Waals surface area contributed by atoms with Gasteiger partial charge in [0.1, 0.15) is 5.75 Å². The van der Waals surface area contributed by atoms with Crippen molar-refractivity contribution in [2.75, 3.05) is 20.3 Å². The summed E-state index contributed by atoms with van der Waals surface area (Å²) in [6.07, 6.45) is 0. The summed E-state index contributed by atoms with van der Waals surface area (Å²) in [5.41, 5.74) is 2.48. The van der Waals surface area contributed by atoms with E-state index in [9.17, 15) is 13.2 Å². The van der Waals surface area contributed by atoms with Gasteiger partial charge in [-0.15, -0.1) is 0 Å². The van der Waals surface area contributed by atoms with Crippen LogP contribution in [0.4, 0.5) is 0 Å². The number of aromatic nitrogens is 1. The lowest BCUT2D eigenvalue weighted by molar-refractivity contribution is 0.0920. The predicted molar refractivity (Wildman–Crippen MR) is 114 cm³/mol. The highest BCUT2D eigenvalue weighted by Crippen LogP contribution is 2.23. The van der Waals surface area contributed by atoms with E-state index in [1.54, 1.807) is 49.6 Å². The van der Waals surface area contributed by atoms with Crippen molar-refractivity contribution >= 4 is 15.6 Å². The van der Waals surface area contributed by atoms with E-state index < -0.39 is 9.84 Å². The van der Waals surface area contributed by atoms with Crippen molar-refractivity contribution in [1.82, 2.24) is 4.57 Å². The molecular weight excluding hydrogens is 402 g/mol. The molecule has 2 aromatic carbocycles. The molecule has 7 heteroatoms. The smallest absolute Gasteiger partial charge is 0.206 e. The van der Waals surface area contributed by atoms with Crippen LogP contribution in [0.3, 0.4) is 0 Å². The van der Waals surface area contributed by atoms with Crippen molar-refractivity contribution in [1.29, 1.82) is 0 Å². The van der Waals surface area contributed by atoms with E-state index in [4.69, 9.17) is 9.47 Å². The summed E-state index contributed by atoms with van der Waals surface area (Å²) in [5.74, 6) is 0.302. The minimum Gasteiger partial charge on any atom is -0.485 e. The largest absolute Gasteiger partial charge is 0.485 e. The van der Waals surface area contributed by atoms with E-state index >= 15 is 0 Å². The first-order valence-electron chi connectivity index (χ1n) is 9.56. The standard InChI is InChI=1S/C23H25NO5S/c1-17-15-22(18(2)24(17)13-14-28-3)23(25)16-29-19-9-11-21(12-10-19)30(26,27)20-7-5-4-6-8-20/h4-12,15H,13-14,16H2,1-3H3. The van der Waals surface area contributed by atoms with E-state index in [0.29, 0.717) is 24.5 Å². The van der Waals surface area contributed by atoms with Crippen LogP contribution in [0.5, 0.6) is 5.75 Å². The Labute approximate surface area is 177 Å². The number of rotatable bonds is 9. The second kappa shape index (κ2) is 9.28. The van der Waals surface area contributed by atoms with Crippen LogP contribution in [0.1, 0.15) is 21.7 Å². The molecule has 0 saturated heterocycles. The van der Waals surface area contributed by atoms with Gasteiger partial charge >= 0.3 is 0 Å². The van der Waals surface area contributed by atoms with Gasteiger partial charge < -0.3 is 14.0 Å². The minimum absolute atomic E-state index is 0.126. The van der Waals surface area contributed by atoms with Crippen LogP contribution in [0.2, 0.25) is 0 Å². The van der Waals surface area contributed by atoms with Crippen LogP contribution in [-0.2, 0) is 21.1 Å². The highest BCUT2D eigenvalue weighted by atomic mass is 32.2. The Bertz CT molecular complexity index is 1120. The van der Waals surface area contributed by atoms with Crippen LogP contribution >= 0.6 is 0 Å². The van der Waals surface area contributed by atoms with Gasteiger partial charge in [-0.25, -0.2) is 8.42 Å². The first-order chi connectivity index (χ1) is 14.3. The fourth-order valence-corrected chi connectivity index (χ4v) is 4.57. The van der Waals surface area contributed by atoms with E-state index in [2.05, 4.69) is 0 Å². The number of nitrogens with zero attached hydrogens (tertiary/aromatic N) is 1. The van der Waals surface area contributed by atoms with Crippen molar-refractivity contribution in [3.8, 4) is 5.75 Å². The van der Waals surface area contributed by atoms with E-state index in [1.165, 1.54) is 12.1 Å². The fraction of sp³-hybridized carbons (Fsp3) is 0.261. The Kier molecular flexibility index (Phi) is 6.74. The molecular formula is C23H25NO5S. The molecule has 3 aromatic rings. The third kappa shape index (κ3) is 4.63. The first kappa shape index (κ1) is 21.8. The number of ether oxygens (including phenoxy) is 2. The Hall–Kier alpha value is -2.90. The van der Waals surface area contributed by atoms with Gasteiger partial charge in [0.05, 0.1) is 16.4 Å². The Morgan fingerprint density at radius 1 is 0.967 bits per heavy atom. The van der Waals surface area contributed by atoms with Gasteiger partial charge in [0.15, 0.2) is 6.61 Å². The fourth-order valence-electron chi connectivity index (χ4n) is 3.29. The van der Waals surface area contributed by atoms with E-state index in [-0.39, 0.29) is 22.2 Å². The summed E-state index contributed by atoms with van der Waals surface area (Å²) in [6.45, 7) is 4.98. The Morgan fingerprint density at radius 3 is 2.23 bits per heavy atom. The molecule has 0 aliphatic rings. The van der Waals surface area contributed by atoms with Gasteiger partial charge in [0, 0.05) is 30.6 Å². The van der Waals surface area contributed by atoms with Crippen LogP contribution in [0, 0.1) is 13.8 Å². The lowest BCUT2D eigenvalue weighted by Crippen LogP contribution is -2.14. The molecule has 0 bridgehead atoms. The molecule has 0 unspecified atom stereocenters. The second-order valence-electron chi connectivity index (χ2n) is 6.93. The lowest BCUT2D eigenvalue weighted by Gasteiger charge is -2.09. The number of aryl methyl sites for hydroxylation is 1. The average Bonchev–Trinajstić information content (AvgIpc) is 3.05. The number of ketones is 1. The molecule has 0 atom stereocenters. The highest BCUT2D eigenvalue weighted by molar-refractivity contribution is 7.91. The molecule has 0 radical (unpaired) electrons. The molecule has 30 heavy (non-hydrogen) atoms. The highest BCUT2D eigenvalue weighted by Gasteiger charge is 2.18. The molecule has 158 valence electrons. The first-order valence-corrected chi connectivity index (χ1v) is 11.0. The molecule has 0 spiro atoms. The number of benzene rings is 2. The molecule has 0 N–H and O–H groups in total. The molecule has 6 nitrogen and oxygen atoms in total. The maximum Gasteiger partial charge on any atom is 0.206 e. The number of hydrogen-bond acceptors (Lipinski definition) is 5. The number of hydrogen-bond donors (Lipinski definition) is 0. The Morgan fingerprint density at radius 2 is 1.60 bits per heavy atom. The number of carbonyl (C=O) groups excluding carboxylic acids is 1. The third-order valence-electron chi connectivity index (χ3n) is 4.95. The zero-order valence-corrected chi connectivity index (χ0v) is 18.1. The summed E-state index contributed by atoms with van der Waals surface area (Å²) in [7, 11) is -1.94. The summed E-state index contributed by atoms with van der Waals surface area (Å²) in [5, 5.41) is 0. The second-order valence-corrected chi connectivity index (χ2v) is 8.88. The molecule has 1 aromatic heterocycles. The summed E-state index contributed by atoms with van der Waals surface area (Å²) >= 11 is 0. The Balaban J connectivity index is 1.68. The van der Waals surface area contributed by atoms with E-state index in [0.717, 1.165) is 11.4 Å². The molecule has 0 fully saturated rings. The van der Waals surface area contributed by atoms with Crippen molar-refractivity contribution in [3.05, 3.63) is 77.6 Å². The minimum atomic E-state index is -3.58. The van der Waals surface area contributed by atoms with Gasteiger partial charge in [-0.3, -0.25) is 4.79 Å². The van der Waals surface area contributed by atoms with Crippen LogP contribution in [0.15, 0.2) is 70.5 Å². The topological polar surface area (TPSA) is 74.6 Å². The van der Waals surface area contributed by atoms with Gasteiger partial charge in [-0.2, -0.15) is 0 Å². The summed E-state index contributed by atoms with van der Waals surface area (Å²) in [6, 6.07) is 16.2. The third-order valence-corrected chi connectivity index (χ3v) is 6.74. The quantitative estimate of drug-likeness (QED) is 0.485. The van der Waals surface area contributed by atoms with Gasteiger partial charge in [-0.05, 0) is 56.3 Å². The predicted octanol–water partition coefficient (Wildman–Crippen LogP) is 3.85. The molecule has 0 aliphatic heterocycles.